The number of ether oxygens (including phenoxy) is 1. The number of methoxy groups -OCH3 is 1. The molecule has 10 nitrogen and oxygen atoms in total. The van der Waals surface area contributed by atoms with Crippen molar-refractivity contribution in [3.05, 3.63) is 77.7 Å². The largest absolute Gasteiger partial charge is 0.495 e. The molecule has 13 heteroatoms. The number of alkyl halides is 3. The van der Waals surface area contributed by atoms with E-state index < -0.39 is 17.6 Å². The Labute approximate surface area is 271 Å². The molecule has 0 fully saturated rings. The van der Waals surface area contributed by atoms with Crippen LogP contribution in [-0.4, -0.2) is 71.9 Å². The topological polar surface area (TPSA) is 114 Å². The first-order valence-electron chi connectivity index (χ1n) is 14.9. The lowest BCUT2D eigenvalue weighted by atomic mass is 9.92. The molecular weight excluding hydrogens is 609 g/mol. The number of nitrogen functional groups attached to an aromatic ring is 1. The van der Waals surface area contributed by atoms with Gasteiger partial charge in [-0.1, -0.05) is 6.07 Å². The van der Waals surface area contributed by atoms with Crippen molar-refractivity contribution in [2.24, 2.45) is 7.05 Å². The number of aryl methyl sites for hydroxylation is 2. The van der Waals surface area contributed by atoms with Crippen molar-refractivity contribution in [1.29, 1.82) is 0 Å². The number of nitrogens with one attached hydrogen (secondary N) is 1. The lowest BCUT2D eigenvalue weighted by Crippen LogP contribution is -2.25. The highest BCUT2D eigenvalue weighted by Gasteiger charge is 2.32. The molecule has 0 radical (unpaired) electrons. The van der Waals surface area contributed by atoms with Crippen LogP contribution in [0.25, 0.3) is 33.2 Å². The molecular formula is C34H37F3N8O2. The normalized spacial score (nSPS) is 11.7. The van der Waals surface area contributed by atoms with E-state index in [9.17, 15) is 18.0 Å². The van der Waals surface area contributed by atoms with Crippen molar-refractivity contribution < 1.29 is 22.7 Å². The van der Waals surface area contributed by atoms with E-state index >= 15 is 0 Å². The second-order valence-electron chi connectivity index (χ2n) is 11.7. The van der Waals surface area contributed by atoms with Gasteiger partial charge in [-0.15, -0.1) is 0 Å². The Balaban J connectivity index is 1.58. The summed E-state index contributed by atoms with van der Waals surface area (Å²) in [6.45, 7) is 3.29. The van der Waals surface area contributed by atoms with Crippen molar-refractivity contribution in [2.45, 2.75) is 19.5 Å². The van der Waals surface area contributed by atoms with Crippen LogP contribution in [0.5, 0.6) is 5.75 Å². The van der Waals surface area contributed by atoms with E-state index in [4.69, 9.17) is 10.5 Å². The molecule has 5 aromatic rings. The van der Waals surface area contributed by atoms with Gasteiger partial charge in [0, 0.05) is 55.1 Å². The maximum atomic E-state index is 13.7. The maximum Gasteiger partial charge on any atom is 0.416 e. The number of amides is 1. The van der Waals surface area contributed by atoms with E-state index in [1.807, 2.05) is 43.1 Å². The third kappa shape index (κ3) is 7.14. The summed E-state index contributed by atoms with van der Waals surface area (Å²) >= 11 is 0. The van der Waals surface area contributed by atoms with Crippen molar-refractivity contribution in [3.8, 4) is 28.0 Å². The van der Waals surface area contributed by atoms with E-state index in [2.05, 4.69) is 20.4 Å². The third-order valence-corrected chi connectivity index (χ3v) is 7.91. The Hall–Kier alpha value is -5.17. The minimum Gasteiger partial charge on any atom is -0.495 e. The fourth-order valence-corrected chi connectivity index (χ4v) is 5.54. The van der Waals surface area contributed by atoms with Crippen LogP contribution in [0.2, 0.25) is 0 Å². The molecule has 0 aliphatic carbocycles. The number of halogens is 3. The van der Waals surface area contributed by atoms with Crippen LogP contribution in [-0.2, 0) is 13.2 Å². The number of aromatic nitrogens is 4. The minimum atomic E-state index is -4.58. The molecule has 1 amide bonds. The predicted molar refractivity (Wildman–Crippen MR) is 179 cm³/mol. The van der Waals surface area contributed by atoms with Gasteiger partial charge in [-0.05, 0) is 81.5 Å². The van der Waals surface area contributed by atoms with Crippen molar-refractivity contribution in [3.63, 3.8) is 0 Å². The van der Waals surface area contributed by atoms with Gasteiger partial charge < -0.3 is 25.6 Å². The predicted octanol–water partition coefficient (Wildman–Crippen LogP) is 6.26. The molecule has 0 saturated heterocycles. The molecule has 0 atom stereocenters. The van der Waals surface area contributed by atoms with Crippen LogP contribution in [0.15, 0.2) is 61.1 Å². The van der Waals surface area contributed by atoms with Crippen LogP contribution in [0.4, 0.5) is 30.5 Å². The number of carbonyl (C=O) groups is 1. The average Bonchev–Trinajstić information content (AvgIpc) is 3.45. The minimum absolute atomic E-state index is 0.0659. The van der Waals surface area contributed by atoms with Gasteiger partial charge in [0.1, 0.15) is 5.75 Å². The number of hydrogen-bond acceptors (Lipinski definition) is 8. The molecule has 2 aromatic heterocycles. The highest BCUT2D eigenvalue weighted by Crippen LogP contribution is 2.45. The summed E-state index contributed by atoms with van der Waals surface area (Å²) in [5, 5.41) is 7.76. The molecule has 0 saturated carbocycles. The highest BCUT2D eigenvalue weighted by molar-refractivity contribution is 6.08. The summed E-state index contributed by atoms with van der Waals surface area (Å²) in [6, 6.07) is 10.4. The van der Waals surface area contributed by atoms with Crippen LogP contribution in [0.1, 0.15) is 27.9 Å². The second-order valence-corrected chi connectivity index (χ2v) is 11.7. The standard InChI is InChI=1S/C34H37F3N8O2/c1-20-8-9-21(32(46)41-27-16-24(34(35,36)37)10-11-28(27)44(4)13-7-12-43(2)3)14-25(20)26-15-22-17-39-33(38)42-30(22)29(31(26)47-6)23-18-40-45(5)19-23/h8-11,14-19H,7,12-13H2,1-6H3,(H,41,46)(H2,38,39,42). The zero-order chi connectivity index (χ0) is 34.0. The fraction of sp³-hybridized carbons (Fsp3) is 0.294. The summed E-state index contributed by atoms with van der Waals surface area (Å²) < 4.78 is 48.8. The fourth-order valence-electron chi connectivity index (χ4n) is 5.54. The smallest absolute Gasteiger partial charge is 0.416 e. The van der Waals surface area contributed by atoms with E-state index in [0.29, 0.717) is 45.6 Å². The Bertz CT molecular complexity index is 1940. The van der Waals surface area contributed by atoms with Crippen LogP contribution in [0, 0.1) is 6.92 Å². The van der Waals surface area contributed by atoms with Crippen molar-refractivity contribution in [1.82, 2.24) is 24.6 Å². The summed E-state index contributed by atoms with van der Waals surface area (Å²) in [5.74, 6) is 0.0326. The summed E-state index contributed by atoms with van der Waals surface area (Å²) in [5.41, 5.74) is 10.1. The van der Waals surface area contributed by atoms with Crippen LogP contribution < -0.4 is 20.7 Å². The first kappa shape index (κ1) is 33.2. The van der Waals surface area contributed by atoms with Gasteiger partial charge in [-0.2, -0.15) is 18.3 Å². The van der Waals surface area contributed by atoms with E-state index in [-0.39, 0.29) is 17.2 Å². The number of rotatable bonds is 10. The van der Waals surface area contributed by atoms with Gasteiger partial charge in [-0.25, -0.2) is 9.97 Å². The Morgan fingerprint density at radius 2 is 1.81 bits per heavy atom. The Kier molecular flexibility index (Phi) is 9.38. The monoisotopic (exact) mass is 646 g/mol. The highest BCUT2D eigenvalue weighted by atomic mass is 19.4. The Morgan fingerprint density at radius 1 is 1.04 bits per heavy atom. The molecule has 5 rings (SSSR count). The van der Waals surface area contributed by atoms with Crippen LogP contribution in [0.3, 0.4) is 0 Å². The SMILES string of the molecule is COc1c(-c2cc(C(=O)Nc3cc(C(F)(F)F)ccc3N(C)CCCN(C)C)ccc2C)cc2cnc(N)nc2c1-c1cnn(C)c1. The first-order valence-corrected chi connectivity index (χ1v) is 14.9. The van der Waals surface area contributed by atoms with Gasteiger partial charge in [0.25, 0.3) is 5.91 Å². The second kappa shape index (κ2) is 13.3. The van der Waals surface area contributed by atoms with Gasteiger partial charge in [-0.3, -0.25) is 9.48 Å². The number of nitrogens with zero attached hydrogens (tertiary/aromatic N) is 6. The van der Waals surface area contributed by atoms with Crippen molar-refractivity contribution in [2.75, 3.05) is 57.3 Å². The quantitative estimate of drug-likeness (QED) is 0.183. The number of anilines is 3. The van der Waals surface area contributed by atoms with E-state index in [0.717, 1.165) is 36.2 Å². The molecule has 0 aliphatic rings. The lowest BCUT2D eigenvalue weighted by Gasteiger charge is -2.24. The molecule has 3 aromatic carbocycles. The van der Waals surface area contributed by atoms with E-state index in [1.165, 1.54) is 6.07 Å². The number of hydrogen-bond donors (Lipinski definition) is 2. The van der Waals surface area contributed by atoms with Crippen molar-refractivity contribution >= 4 is 34.1 Å². The number of nitrogens with two attached hydrogens (primary N) is 1. The Morgan fingerprint density at radius 3 is 2.47 bits per heavy atom. The summed E-state index contributed by atoms with van der Waals surface area (Å²) in [6.07, 6.45) is 1.36. The molecule has 0 spiro atoms. The average molecular weight is 647 g/mol. The molecule has 0 bridgehead atoms. The molecule has 246 valence electrons. The summed E-state index contributed by atoms with van der Waals surface area (Å²) in [4.78, 5) is 26.3. The van der Waals surface area contributed by atoms with Gasteiger partial charge in [0.05, 0.1) is 41.3 Å². The molecule has 3 N–H and O–H groups in total. The van der Waals surface area contributed by atoms with E-state index in [1.54, 1.807) is 56.5 Å². The molecule has 47 heavy (non-hydrogen) atoms. The molecule has 0 unspecified atom stereocenters. The van der Waals surface area contributed by atoms with Gasteiger partial charge >= 0.3 is 6.18 Å². The van der Waals surface area contributed by atoms with Gasteiger partial charge in [0.15, 0.2) is 0 Å². The number of benzene rings is 3. The van der Waals surface area contributed by atoms with Crippen LogP contribution >= 0.6 is 0 Å². The number of fused-ring (bicyclic) bond motifs is 1. The zero-order valence-corrected chi connectivity index (χ0v) is 27.1. The lowest BCUT2D eigenvalue weighted by molar-refractivity contribution is -0.137. The third-order valence-electron chi connectivity index (χ3n) is 7.91. The first-order chi connectivity index (χ1) is 22.3. The van der Waals surface area contributed by atoms with Gasteiger partial charge in [0.2, 0.25) is 5.95 Å². The zero-order valence-electron chi connectivity index (χ0n) is 27.1. The maximum absolute atomic E-state index is 13.7. The summed E-state index contributed by atoms with van der Waals surface area (Å²) in [7, 11) is 9.05. The number of carbonyl (C=O) groups excluding carboxylic acids is 1. The molecule has 2 heterocycles. The molecule has 0 aliphatic heterocycles.